The first-order valence-corrected chi connectivity index (χ1v) is 47.7. The Morgan fingerprint density at radius 2 is 0.667 bits per heavy atom. The van der Waals surface area contributed by atoms with Gasteiger partial charge in [0.1, 0.15) is 90.0 Å². The maximum Gasteiger partial charge on any atom is 0.316 e. The molecule has 10 aliphatic carbocycles. The molecule has 21 rings (SSSR count). The summed E-state index contributed by atoms with van der Waals surface area (Å²) in [5, 5.41) is 0. The van der Waals surface area contributed by atoms with Gasteiger partial charge in [-0.25, -0.2) is 0 Å². The third kappa shape index (κ3) is 22.5. The smallest absolute Gasteiger partial charge is 0.316 e. The summed E-state index contributed by atoms with van der Waals surface area (Å²) in [6.45, 7) is 42.3. The Morgan fingerprint density at radius 3 is 1.09 bits per heavy atom. The second kappa shape index (κ2) is 47.6. The Balaban J connectivity index is 0.000000809. The molecule has 0 amide bonds. The quantitative estimate of drug-likeness (QED) is 0.0761. The zero-order chi connectivity index (χ0) is 92.5. The monoisotopic (exact) mass is 2010 g/mol. The normalized spacial score (nSPS) is 38.6. The zero-order valence-corrected chi connectivity index (χ0v) is 78.3. The van der Waals surface area contributed by atoms with E-state index in [4.69, 9.17) is 75.8 Å². The van der Waals surface area contributed by atoms with Crippen molar-refractivity contribution < 1.29 is 143 Å². The molecule has 21 aliphatic rings. The Bertz CT molecular complexity index is 4330. The molecule has 30 nitrogen and oxygen atoms in total. The molecular weight excluding hydrogens is 1810 g/mol. The second-order valence-electron chi connectivity index (χ2n) is 44.7. The van der Waals surface area contributed by atoms with Crippen molar-refractivity contribution in [3.05, 3.63) is 0 Å². The Morgan fingerprint density at radius 1 is 0.319 bits per heavy atom. The molecule has 14 bridgehead atoms. The van der Waals surface area contributed by atoms with E-state index in [0.29, 0.717) is 54.8 Å². The van der Waals surface area contributed by atoms with Crippen LogP contribution in [0.3, 0.4) is 0 Å². The van der Waals surface area contributed by atoms with E-state index in [2.05, 4.69) is 6.92 Å². The van der Waals surface area contributed by atoms with Gasteiger partial charge in [0.05, 0.1) is 74.8 Å². The molecule has 11 heterocycles. The van der Waals surface area contributed by atoms with Crippen molar-refractivity contribution in [2.24, 2.45) is 139 Å². The van der Waals surface area contributed by atoms with Crippen molar-refractivity contribution >= 4 is 83.6 Å². The van der Waals surface area contributed by atoms with Gasteiger partial charge >= 0.3 is 83.6 Å². The van der Waals surface area contributed by atoms with Crippen LogP contribution in [0.15, 0.2) is 0 Å². The lowest BCUT2D eigenvalue weighted by Crippen LogP contribution is -2.47. The molecule has 37 unspecified atom stereocenters. The first-order chi connectivity index (χ1) is 59.5. The average molecular weight is 2010 g/mol. The van der Waals surface area contributed by atoms with Crippen molar-refractivity contribution in [1.82, 2.24) is 0 Å². The van der Waals surface area contributed by atoms with Gasteiger partial charge in [-0.3, -0.25) is 67.1 Å². The second-order valence-corrected chi connectivity index (χ2v) is 44.7. The van der Waals surface area contributed by atoms with Gasteiger partial charge in [-0.2, -0.15) is 0 Å². The summed E-state index contributed by atoms with van der Waals surface area (Å²) in [6, 6.07) is 0. The fourth-order valence-corrected chi connectivity index (χ4v) is 24.4. The van der Waals surface area contributed by atoms with Gasteiger partial charge in [0, 0.05) is 58.7 Å². The first kappa shape index (κ1) is 132. The van der Waals surface area contributed by atoms with Crippen LogP contribution in [-0.2, 0) is 143 Å². The summed E-state index contributed by atoms with van der Waals surface area (Å²) >= 11 is 0. The number of rotatable bonds is 21. The summed E-state index contributed by atoms with van der Waals surface area (Å²) in [4.78, 5) is 167. The highest BCUT2D eigenvalue weighted by atomic mass is 16.7. The van der Waals surface area contributed by atoms with Crippen molar-refractivity contribution in [2.45, 2.75) is 488 Å². The number of carbonyl (C=O) groups excluding carboxylic acids is 14. The molecule has 818 valence electrons. The van der Waals surface area contributed by atoms with Crippen LogP contribution in [0.1, 0.15) is 378 Å². The minimum absolute atomic E-state index is 0. The van der Waals surface area contributed by atoms with Gasteiger partial charge < -0.3 is 75.8 Å². The fourth-order valence-electron chi connectivity index (χ4n) is 24.4. The SMILES string of the molecule is C.C.C.C.C.C.C.C.C.C.C.C.C.C.CCC(C)(C)C(=O)OC1C2CC3C(=O)OC1(C)C3C2.CCC(C)(C)C(=O)OC1C2CC3C(=O)OC1C3O2.CCC(C)(C)C(=O)OC1C2CC3OC(=O)C1(C)C3C2.CCC(C)(C)C(=O)OC1C2CC3OC(=O)C1C3C2.CCC(C)(C)C(=O)OC1C2OC(=O)C3CC1(C)CC32.CCC(C)C(=O)OC1C2CC3C(=O)OC1C3O2.CCC(C)C(=O)OC1C2CC3OC(=O)C1C3C2. The highest BCUT2D eigenvalue weighted by molar-refractivity contribution is 5.86. The lowest BCUT2D eigenvalue weighted by Gasteiger charge is -2.36. The van der Waals surface area contributed by atoms with Crippen LogP contribution < -0.4 is 0 Å². The number of hydrogen-bond acceptors (Lipinski definition) is 30. The van der Waals surface area contributed by atoms with Crippen LogP contribution in [-0.4, -0.2) is 193 Å². The van der Waals surface area contributed by atoms with E-state index in [1.54, 1.807) is 0 Å². The third-order valence-corrected chi connectivity index (χ3v) is 35.1. The lowest BCUT2D eigenvalue weighted by molar-refractivity contribution is -0.181. The predicted octanol–water partition coefficient (Wildman–Crippen LogP) is 21.0. The lowest BCUT2D eigenvalue weighted by atomic mass is 9.73. The first-order valence-electron chi connectivity index (χ1n) is 47.7. The van der Waals surface area contributed by atoms with E-state index in [0.717, 1.165) is 103 Å². The summed E-state index contributed by atoms with van der Waals surface area (Å²) < 4.78 is 88.4. The van der Waals surface area contributed by atoms with Gasteiger partial charge in [-0.05, 0) is 205 Å². The minimum Gasteiger partial charge on any atom is -0.462 e. The topological polar surface area (TPSA) is 387 Å². The summed E-state index contributed by atoms with van der Waals surface area (Å²) in [7, 11) is 0. The number of esters is 14. The largest absolute Gasteiger partial charge is 0.462 e. The van der Waals surface area contributed by atoms with Crippen molar-refractivity contribution in [3.63, 3.8) is 0 Å². The summed E-state index contributed by atoms with van der Waals surface area (Å²) in [5.41, 5.74) is -3.67. The standard InChI is InChI=1S/3C15H22O4.C14H20O4.C13H18O5.C13H18O4.C12H16O5.14CH4/c1-5-14(2,3)13(17)19-11-10-8-6-15(11,4)7-9(8)12(16)18-10;1-5-14(2,3)12(16)19-11-8-6-9-10(7-8)18-13(17)15(9,11)4;1-5-14(2,3)13(17)18-11-8-6-9-10(7-8)15(11,4)19-12(9)16;1-4-14(2,3)13(16)18-11-7-5-8-9(6-7)17-12(15)10(8)11;1-4-13(2,3)12(15)18-9-7-5-6-8(16-7)10(9)17-11(6)14;1-3-6(2)12(14)17-11-7-4-8-9(5-7)16-13(15)10(8)11;1-3-5(2)11(13)16-9-7-4-6-8(15-7)10(9)17-12(6)14;;;;;;;;;;;;;;/h3*8-11H,5-7H2,1-4H3;7-11H,4-6H2,1-3H3;6-10H,4-5H2,1-3H3;6-11H,3-5H2,1-2H3;5-10H,3-4H2,1-2H3;14*1H4. The maximum atomic E-state index is 12.3. The summed E-state index contributed by atoms with van der Waals surface area (Å²) in [6.07, 6.45) is 12.0. The molecule has 21 fully saturated rings. The van der Waals surface area contributed by atoms with Gasteiger partial charge in [-0.1, -0.05) is 173 Å². The molecule has 37 atom stereocenters. The molecule has 11 saturated heterocycles. The van der Waals surface area contributed by atoms with Crippen molar-refractivity contribution in [2.75, 3.05) is 0 Å². The Hall–Kier alpha value is -7.50. The molecule has 30 heteroatoms. The number of carbonyl (C=O) groups is 14. The molecule has 0 aromatic heterocycles. The minimum atomic E-state index is -0.604. The maximum absolute atomic E-state index is 12.3. The molecular formula is C111H194O30. The van der Waals surface area contributed by atoms with Crippen LogP contribution >= 0.6 is 0 Å². The van der Waals surface area contributed by atoms with Crippen LogP contribution in [0, 0.1) is 139 Å². The van der Waals surface area contributed by atoms with Crippen molar-refractivity contribution in [3.8, 4) is 0 Å². The molecule has 11 aliphatic heterocycles. The highest BCUT2D eigenvalue weighted by Crippen LogP contribution is 2.66. The van der Waals surface area contributed by atoms with Gasteiger partial charge in [0.25, 0.3) is 0 Å². The van der Waals surface area contributed by atoms with E-state index < -0.39 is 56.4 Å². The Kier molecular flexibility index (Phi) is 44.4. The van der Waals surface area contributed by atoms with Crippen LogP contribution in [0.5, 0.6) is 0 Å². The number of fused-ring (bicyclic) bond motifs is 7. The van der Waals surface area contributed by atoms with Crippen LogP contribution in [0.25, 0.3) is 0 Å². The van der Waals surface area contributed by atoms with Gasteiger partial charge in [0.2, 0.25) is 0 Å². The van der Waals surface area contributed by atoms with Gasteiger partial charge in [-0.15, -0.1) is 0 Å². The van der Waals surface area contributed by atoms with Crippen LogP contribution in [0.2, 0.25) is 0 Å². The van der Waals surface area contributed by atoms with Crippen LogP contribution in [0.4, 0.5) is 0 Å². The van der Waals surface area contributed by atoms with E-state index in [-0.39, 0.29) is 344 Å². The van der Waals surface area contributed by atoms with E-state index in [1.807, 2.05) is 145 Å². The van der Waals surface area contributed by atoms with Crippen molar-refractivity contribution in [1.29, 1.82) is 0 Å². The zero-order valence-electron chi connectivity index (χ0n) is 78.3. The number of hydrogen-bond donors (Lipinski definition) is 0. The molecule has 0 aromatic carbocycles. The van der Waals surface area contributed by atoms with E-state index in [1.165, 1.54) is 0 Å². The average Bonchev–Trinajstić information content (AvgIpc) is 1.53. The van der Waals surface area contributed by atoms with Gasteiger partial charge in [0.15, 0.2) is 24.4 Å². The molecule has 141 heavy (non-hydrogen) atoms. The van der Waals surface area contributed by atoms with E-state index >= 15 is 0 Å². The molecule has 10 saturated carbocycles. The molecule has 0 aromatic rings. The predicted molar refractivity (Wildman–Crippen MR) is 538 cm³/mol. The summed E-state index contributed by atoms with van der Waals surface area (Å²) in [5.74, 6) is -0.576. The molecule has 0 radical (unpaired) electrons. The van der Waals surface area contributed by atoms with E-state index in [9.17, 15) is 67.1 Å². The number of ether oxygens (including phenoxy) is 16. The third-order valence-electron chi connectivity index (χ3n) is 35.1. The molecule has 0 spiro atoms. The molecule has 0 N–H and O–H groups in total. The fraction of sp³-hybridized carbons (Fsp3) is 0.874. The highest BCUT2D eigenvalue weighted by Gasteiger charge is 2.75. The Labute approximate surface area is 848 Å².